The van der Waals surface area contributed by atoms with Gasteiger partial charge in [0.15, 0.2) is 11.8 Å². The van der Waals surface area contributed by atoms with Crippen LogP contribution in [0.2, 0.25) is 0 Å². The zero-order valence-corrected chi connectivity index (χ0v) is 16.2. The second kappa shape index (κ2) is 6.98. The molecule has 26 heavy (non-hydrogen) atoms. The summed E-state index contributed by atoms with van der Waals surface area (Å²) >= 11 is 3.38. The Morgan fingerprint density at radius 1 is 1.35 bits per heavy atom. The Kier molecular flexibility index (Phi) is 4.69. The number of aromatic amines is 1. The maximum absolute atomic E-state index is 12.6. The quantitative estimate of drug-likeness (QED) is 0.767. The van der Waals surface area contributed by atoms with E-state index in [2.05, 4.69) is 30.9 Å². The van der Waals surface area contributed by atoms with Crippen molar-refractivity contribution >= 4 is 39.0 Å². The molecule has 2 atom stereocenters. The number of nitrogens with zero attached hydrogens (tertiary/aromatic N) is 3. The Bertz CT molecular complexity index is 848. The molecule has 2 aliphatic rings. The zero-order valence-electron chi connectivity index (χ0n) is 14.6. The molecule has 1 N–H and O–H groups in total. The monoisotopic (exact) mass is 420 g/mol. The largest absolute Gasteiger partial charge is 0.454 e. The molecule has 1 saturated carbocycles. The minimum atomic E-state index is -0.495. The van der Waals surface area contributed by atoms with Crippen LogP contribution in [0.3, 0.4) is 0 Å². The number of aromatic nitrogens is 3. The van der Waals surface area contributed by atoms with E-state index in [4.69, 9.17) is 4.74 Å². The number of likely N-dealkylation sites (tertiary alicyclic amines) is 1. The number of hydrogen-bond acceptors (Lipinski definition) is 5. The lowest BCUT2D eigenvalue weighted by Gasteiger charge is -2.32. The van der Waals surface area contributed by atoms with E-state index in [0.29, 0.717) is 18.0 Å². The number of imidazole rings is 1. The van der Waals surface area contributed by atoms with Crippen molar-refractivity contribution in [2.24, 2.45) is 11.8 Å². The fourth-order valence-electron chi connectivity index (χ4n) is 3.37. The number of pyridine rings is 1. The summed E-state index contributed by atoms with van der Waals surface area (Å²) in [5, 5.41) is 0. The molecular weight excluding hydrogens is 400 g/mol. The smallest absolute Gasteiger partial charge is 0.311 e. The summed E-state index contributed by atoms with van der Waals surface area (Å²) in [6, 6.07) is 1.88. The fourth-order valence-corrected chi connectivity index (χ4v) is 3.70. The molecule has 1 saturated heterocycles. The molecule has 7 nitrogen and oxygen atoms in total. The molecule has 0 unspecified atom stereocenters. The Labute approximate surface area is 159 Å². The molecular formula is C18H21BrN4O3. The molecule has 2 aromatic heterocycles. The van der Waals surface area contributed by atoms with Crippen molar-refractivity contribution in [2.75, 3.05) is 13.1 Å². The van der Waals surface area contributed by atoms with Gasteiger partial charge < -0.3 is 14.6 Å². The highest BCUT2D eigenvalue weighted by atomic mass is 79.9. The highest BCUT2D eigenvalue weighted by Gasteiger charge is 2.37. The number of carbonyl (C=O) groups is 2. The summed E-state index contributed by atoms with van der Waals surface area (Å²) in [5.74, 6) is 0.433. The van der Waals surface area contributed by atoms with Crippen molar-refractivity contribution in [3.8, 4) is 0 Å². The van der Waals surface area contributed by atoms with Crippen LogP contribution in [0.1, 0.15) is 44.5 Å². The van der Waals surface area contributed by atoms with E-state index in [1.807, 2.05) is 11.0 Å². The number of nitrogens with one attached hydrogen (secondary N) is 1. The van der Waals surface area contributed by atoms with Gasteiger partial charge in [0.25, 0.3) is 0 Å². The first-order valence-corrected chi connectivity index (χ1v) is 9.81. The van der Waals surface area contributed by atoms with Crippen LogP contribution in [-0.4, -0.2) is 44.8 Å². The van der Waals surface area contributed by atoms with Gasteiger partial charge in [-0.2, -0.15) is 0 Å². The molecule has 0 spiro atoms. The Balaban J connectivity index is 1.40. The van der Waals surface area contributed by atoms with Gasteiger partial charge in [0.1, 0.15) is 5.82 Å². The second-order valence-electron chi connectivity index (χ2n) is 7.12. The predicted octanol–water partition coefficient (Wildman–Crippen LogP) is 2.97. The van der Waals surface area contributed by atoms with Gasteiger partial charge >= 0.3 is 5.97 Å². The topological polar surface area (TPSA) is 88.2 Å². The Hall–Kier alpha value is -1.96. The summed E-state index contributed by atoms with van der Waals surface area (Å²) < 4.78 is 6.48. The number of carbonyl (C=O) groups excluding carboxylic acids is 2. The van der Waals surface area contributed by atoms with E-state index >= 15 is 0 Å². The Morgan fingerprint density at radius 3 is 2.92 bits per heavy atom. The van der Waals surface area contributed by atoms with Gasteiger partial charge in [0.2, 0.25) is 5.91 Å². The summed E-state index contributed by atoms with van der Waals surface area (Å²) in [4.78, 5) is 38.4. The van der Waals surface area contributed by atoms with Gasteiger partial charge in [0, 0.05) is 29.7 Å². The first-order valence-electron chi connectivity index (χ1n) is 9.01. The summed E-state index contributed by atoms with van der Waals surface area (Å²) in [6.07, 6.45) is 4.75. The van der Waals surface area contributed by atoms with Crippen molar-refractivity contribution in [3.05, 3.63) is 22.6 Å². The lowest BCUT2D eigenvalue weighted by molar-refractivity contribution is -0.157. The molecule has 1 aliphatic heterocycles. The SMILES string of the molecule is C[C@H](OC(=O)[C@@H]1CCCN(C(=O)C2CC2)C1)c1nc2ncc(Br)cc2[nH]1. The van der Waals surface area contributed by atoms with Gasteiger partial charge in [-0.15, -0.1) is 0 Å². The maximum atomic E-state index is 12.6. The number of halogens is 1. The van der Waals surface area contributed by atoms with Crippen LogP contribution in [0, 0.1) is 11.8 Å². The summed E-state index contributed by atoms with van der Waals surface area (Å²) in [7, 11) is 0. The highest BCUT2D eigenvalue weighted by Crippen LogP contribution is 2.33. The van der Waals surface area contributed by atoms with E-state index in [1.54, 1.807) is 13.1 Å². The summed E-state index contributed by atoms with van der Waals surface area (Å²) in [6.45, 7) is 3.01. The molecule has 138 valence electrons. The maximum Gasteiger partial charge on any atom is 0.311 e. The van der Waals surface area contributed by atoms with Crippen LogP contribution in [0.15, 0.2) is 16.7 Å². The number of hydrogen-bond donors (Lipinski definition) is 1. The van der Waals surface area contributed by atoms with E-state index in [9.17, 15) is 9.59 Å². The van der Waals surface area contributed by atoms with Crippen molar-refractivity contribution in [2.45, 2.75) is 38.7 Å². The molecule has 1 amide bonds. The average molecular weight is 421 g/mol. The normalized spacial score (nSPS) is 21.6. The first-order chi connectivity index (χ1) is 12.5. The molecule has 4 rings (SSSR count). The van der Waals surface area contributed by atoms with Crippen LogP contribution in [-0.2, 0) is 14.3 Å². The number of esters is 1. The van der Waals surface area contributed by atoms with Crippen LogP contribution >= 0.6 is 15.9 Å². The molecule has 2 fully saturated rings. The molecule has 3 heterocycles. The van der Waals surface area contributed by atoms with Crippen molar-refractivity contribution in [1.29, 1.82) is 0 Å². The standard InChI is InChI=1S/C18H21BrN4O3/c1-10(15-21-14-7-13(19)8-20-16(14)22-15)26-18(25)12-3-2-6-23(9-12)17(24)11-4-5-11/h7-8,10-12H,2-6,9H2,1H3,(H,20,21,22)/t10-,12+/m0/s1. The number of rotatable bonds is 4. The lowest BCUT2D eigenvalue weighted by atomic mass is 9.97. The number of amides is 1. The zero-order chi connectivity index (χ0) is 18.3. The average Bonchev–Trinajstić information content (AvgIpc) is 3.40. The van der Waals surface area contributed by atoms with Gasteiger partial charge in [-0.3, -0.25) is 9.59 Å². The van der Waals surface area contributed by atoms with Crippen molar-refractivity contribution in [1.82, 2.24) is 19.9 Å². The molecule has 8 heteroatoms. The van der Waals surface area contributed by atoms with Crippen LogP contribution in [0.25, 0.3) is 11.2 Å². The minimum Gasteiger partial charge on any atom is -0.454 e. The minimum absolute atomic E-state index is 0.186. The fraction of sp³-hybridized carbons (Fsp3) is 0.556. The molecule has 0 aromatic carbocycles. The molecule has 0 radical (unpaired) electrons. The number of piperidine rings is 1. The van der Waals surface area contributed by atoms with Gasteiger partial charge in [-0.25, -0.2) is 9.97 Å². The number of fused-ring (bicyclic) bond motifs is 1. The summed E-state index contributed by atoms with van der Waals surface area (Å²) in [5.41, 5.74) is 1.38. The lowest BCUT2D eigenvalue weighted by Crippen LogP contribution is -2.43. The molecule has 2 aromatic rings. The van der Waals surface area contributed by atoms with Gasteiger partial charge in [-0.05, 0) is 54.6 Å². The second-order valence-corrected chi connectivity index (χ2v) is 8.04. The Morgan fingerprint density at radius 2 is 2.15 bits per heavy atom. The third-order valence-electron chi connectivity index (χ3n) is 4.99. The molecule has 1 aliphatic carbocycles. The van der Waals surface area contributed by atoms with E-state index in [-0.39, 0.29) is 23.7 Å². The van der Waals surface area contributed by atoms with Gasteiger partial charge in [-0.1, -0.05) is 0 Å². The van der Waals surface area contributed by atoms with Crippen LogP contribution in [0.5, 0.6) is 0 Å². The van der Waals surface area contributed by atoms with E-state index in [1.165, 1.54) is 0 Å². The predicted molar refractivity (Wildman–Crippen MR) is 98.1 cm³/mol. The van der Waals surface area contributed by atoms with Gasteiger partial charge in [0.05, 0.1) is 11.4 Å². The van der Waals surface area contributed by atoms with Crippen molar-refractivity contribution in [3.63, 3.8) is 0 Å². The van der Waals surface area contributed by atoms with E-state index in [0.717, 1.165) is 42.2 Å². The van der Waals surface area contributed by atoms with Crippen LogP contribution in [0.4, 0.5) is 0 Å². The third-order valence-corrected chi connectivity index (χ3v) is 5.43. The first kappa shape index (κ1) is 17.5. The number of ether oxygens (including phenoxy) is 1. The highest BCUT2D eigenvalue weighted by molar-refractivity contribution is 9.10. The van der Waals surface area contributed by atoms with Crippen molar-refractivity contribution < 1.29 is 14.3 Å². The molecule has 0 bridgehead atoms. The third kappa shape index (κ3) is 3.60. The van der Waals surface area contributed by atoms with Crippen LogP contribution < -0.4 is 0 Å². The van der Waals surface area contributed by atoms with E-state index < -0.39 is 6.10 Å². The number of H-pyrrole nitrogens is 1.